The molecule has 8 heteroatoms. The Hall–Kier alpha value is -3.26. The van der Waals surface area contributed by atoms with Crippen molar-refractivity contribution in [2.45, 2.75) is 25.7 Å². The van der Waals surface area contributed by atoms with Gasteiger partial charge in [-0.15, -0.1) is 0 Å². The average molecular weight is 368 g/mol. The number of hydrogen-bond acceptors (Lipinski definition) is 5. The first-order valence-electron chi connectivity index (χ1n) is 8.71. The summed E-state index contributed by atoms with van der Waals surface area (Å²) in [6.45, 7) is 0.282. The number of nitrogens with one attached hydrogen (secondary N) is 2. The molecule has 0 bridgehead atoms. The molecule has 1 aromatic heterocycles. The van der Waals surface area contributed by atoms with E-state index in [0.717, 1.165) is 16.5 Å². The van der Waals surface area contributed by atoms with Gasteiger partial charge in [0.25, 0.3) is 5.91 Å². The number of aromatic nitrogens is 1. The predicted molar refractivity (Wildman–Crippen MR) is 98.4 cm³/mol. The fourth-order valence-electron chi connectivity index (χ4n) is 2.91. The van der Waals surface area contributed by atoms with Crippen LogP contribution < -0.4 is 10.8 Å². The molecule has 8 nitrogen and oxygen atoms in total. The quantitative estimate of drug-likeness (QED) is 0.228. The number of fused-ring (bicyclic) bond motifs is 1. The number of urea groups is 1. The fourth-order valence-corrected chi connectivity index (χ4v) is 2.91. The molecule has 0 unspecified atom stereocenters. The van der Waals surface area contributed by atoms with Crippen LogP contribution in [0.2, 0.25) is 0 Å². The smallest absolute Gasteiger partial charge is 0.303 e. The van der Waals surface area contributed by atoms with E-state index < -0.39 is 11.9 Å². The maximum absolute atomic E-state index is 12.5. The summed E-state index contributed by atoms with van der Waals surface area (Å²) in [4.78, 5) is 40.9. The van der Waals surface area contributed by atoms with Crippen LogP contribution in [-0.4, -0.2) is 39.5 Å². The lowest BCUT2D eigenvalue weighted by Crippen LogP contribution is -2.31. The zero-order valence-electron chi connectivity index (χ0n) is 14.6. The van der Waals surface area contributed by atoms with Crippen LogP contribution in [-0.2, 0) is 9.59 Å². The second-order valence-electron chi connectivity index (χ2n) is 6.25. The molecule has 3 rings (SSSR count). The van der Waals surface area contributed by atoms with Gasteiger partial charge in [-0.05, 0) is 42.7 Å². The molecule has 27 heavy (non-hydrogen) atoms. The minimum atomic E-state index is -0.444. The lowest BCUT2D eigenvalue weighted by Gasteiger charge is -2.11. The van der Waals surface area contributed by atoms with E-state index in [1.54, 1.807) is 17.8 Å². The number of carbonyl (C=O) groups is 3. The van der Waals surface area contributed by atoms with Crippen molar-refractivity contribution in [3.05, 3.63) is 47.8 Å². The molecule has 1 aliphatic rings. The van der Waals surface area contributed by atoms with Crippen LogP contribution in [0.25, 0.3) is 17.0 Å². The molecular weight excluding hydrogens is 348 g/mol. The molecule has 2 heterocycles. The molecule has 1 aromatic carbocycles. The molecule has 1 aliphatic heterocycles. The first kappa shape index (κ1) is 18.5. The summed E-state index contributed by atoms with van der Waals surface area (Å²) in [6, 6.07) is 8.95. The Morgan fingerprint density at radius 3 is 2.89 bits per heavy atom. The minimum absolute atomic E-state index is 0.207. The third kappa shape index (κ3) is 4.48. The zero-order chi connectivity index (χ0) is 19.2. The van der Waals surface area contributed by atoms with Gasteiger partial charge in [-0.3, -0.25) is 24.7 Å². The summed E-state index contributed by atoms with van der Waals surface area (Å²) < 4.78 is 0. The van der Waals surface area contributed by atoms with E-state index in [1.807, 2.05) is 30.3 Å². The first-order chi connectivity index (χ1) is 13.1. The number of benzene rings is 1. The number of pyridine rings is 1. The molecule has 0 radical (unpaired) electrons. The molecule has 3 N–H and O–H groups in total. The van der Waals surface area contributed by atoms with Crippen molar-refractivity contribution in [3.8, 4) is 0 Å². The van der Waals surface area contributed by atoms with Crippen LogP contribution in [0.5, 0.6) is 0 Å². The normalized spacial score (nSPS) is 15.4. The number of amides is 4. The Kier molecular flexibility index (Phi) is 5.77. The van der Waals surface area contributed by atoms with Crippen molar-refractivity contribution in [1.29, 1.82) is 0 Å². The van der Waals surface area contributed by atoms with Gasteiger partial charge in [-0.2, -0.15) is 0 Å². The molecular formula is C19H20N4O4. The Balaban J connectivity index is 1.61. The van der Waals surface area contributed by atoms with Crippen LogP contribution in [0.4, 0.5) is 4.79 Å². The van der Waals surface area contributed by atoms with Gasteiger partial charge >= 0.3 is 6.03 Å². The van der Waals surface area contributed by atoms with E-state index >= 15 is 0 Å². The lowest BCUT2D eigenvalue weighted by molar-refractivity contribution is -0.129. The van der Waals surface area contributed by atoms with Crippen molar-refractivity contribution in [2.75, 3.05) is 6.54 Å². The van der Waals surface area contributed by atoms with Crippen LogP contribution in [0.1, 0.15) is 31.2 Å². The highest BCUT2D eigenvalue weighted by atomic mass is 16.5. The summed E-state index contributed by atoms with van der Waals surface area (Å²) in [6.07, 6.45) is 5.41. The van der Waals surface area contributed by atoms with Crippen LogP contribution in [0.3, 0.4) is 0 Å². The Morgan fingerprint density at radius 1 is 1.22 bits per heavy atom. The highest BCUT2D eigenvalue weighted by Gasteiger charge is 2.32. The second-order valence-corrected chi connectivity index (χ2v) is 6.25. The summed E-state index contributed by atoms with van der Waals surface area (Å²) in [5.74, 6) is -0.805. The first-order valence-corrected chi connectivity index (χ1v) is 8.71. The van der Waals surface area contributed by atoms with Gasteiger partial charge in [-0.25, -0.2) is 10.3 Å². The number of carbonyl (C=O) groups excluding carboxylic acids is 3. The summed E-state index contributed by atoms with van der Waals surface area (Å²) >= 11 is 0. The molecule has 140 valence electrons. The Labute approximate surface area is 155 Å². The van der Waals surface area contributed by atoms with Gasteiger partial charge in [0.1, 0.15) is 5.70 Å². The number of rotatable bonds is 7. The van der Waals surface area contributed by atoms with Crippen molar-refractivity contribution >= 4 is 34.8 Å². The number of hydroxylamine groups is 1. The largest absolute Gasteiger partial charge is 0.329 e. The van der Waals surface area contributed by atoms with Gasteiger partial charge < -0.3 is 5.32 Å². The van der Waals surface area contributed by atoms with E-state index in [9.17, 15) is 14.4 Å². The highest BCUT2D eigenvalue weighted by Crippen LogP contribution is 2.18. The van der Waals surface area contributed by atoms with Gasteiger partial charge in [0, 0.05) is 24.5 Å². The number of hydrogen-bond donors (Lipinski definition) is 3. The highest BCUT2D eigenvalue weighted by molar-refractivity contribution is 6.14. The molecule has 4 amide bonds. The van der Waals surface area contributed by atoms with E-state index in [-0.39, 0.29) is 24.6 Å². The fraction of sp³-hybridized carbons (Fsp3) is 0.263. The molecule has 1 fully saturated rings. The molecule has 0 atom stereocenters. The van der Waals surface area contributed by atoms with E-state index in [4.69, 9.17) is 5.21 Å². The van der Waals surface area contributed by atoms with Crippen molar-refractivity contribution in [2.24, 2.45) is 0 Å². The monoisotopic (exact) mass is 368 g/mol. The van der Waals surface area contributed by atoms with Crippen molar-refractivity contribution in [3.63, 3.8) is 0 Å². The molecule has 2 aromatic rings. The Bertz CT molecular complexity index is 909. The zero-order valence-corrected chi connectivity index (χ0v) is 14.6. The molecule has 0 spiro atoms. The van der Waals surface area contributed by atoms with Crippen LogP contribution in [0.15, 0.2) is 42.2 Å². The summed E-state index contributed by atoms with van der Waals surface area (Å²) in [7, 11) is 0. The Morgan fingerprint density at radius 2 is 2.07 bits per heavy atom. The van der Waals surface area contributed by atoms with Crippen molar-refractivity contribution < 1.29 is 19.6 Å². The molecule has 0 aliphatic carbocycles. The number of imide groups is 1. The van der Waals surface area contributed by atoms with Gasteiger partial charge in [0.05, 0.1) is 5.52 Å². The van der Waals surface area contributed by atoms with Crippen LogP contribution in [0, 0.1) is 0 Å². The van der Waals surface area contributed by atoms with Gasteiger partial charge in [0.2, 0.25) is 5.91 Å². The predicted octanol–water partition coefficient (Wildman–Crippen LogP) is 2.19. The molecule has 0 saturated carbocycles. The average Bonchev–Trinajstić information content (AvgIpc) is 2.94. The maximum atomic E-state index is 12.5. The minimum Gasteiger partial charge on any atom is -0.303 e. The summed E-state index contributed by atoms with van der Waals surface area (Å²) in [5, 5.41) is 12.0. The van der Waals surface area contributed by atoms with Crippen molar-refractivity contribution in [1.82, 2.24) is 20.7 Å². The lowest BCUT2D eigenvalue weighted by atomic mass is 10.1. The van der Waals surface area contributed by atoms with Gasteiger partial charge in [0.15, 0.2) is 0 Å². The van der Waals surface area contributed by atoms with Gasteiger partial charge in [-0.1, -0.05) is 18.6 Å². The van der Waals surface area contributed by atoms with E-state index in [0.29, 0.717) is 19.3 Å². The van der Waals surface area contributed by atoms with E-state index in [2.05, 4.69) is 10.3 Å². The number of nitrogens with zero attached hydrogens (tertiary/aromatic N) is 2. The molecule has 1 saturated heterocycles. The number of unbranched alkanes of at least 4 members (excludes halogenated alkanes) is 2. The van der Waals surface area contributed by atoms with Crippen LogP contribution >= 0.6 is 0 Å². The summed E-state index contributed by atoms with van der Waals surface area (Å²) in [5.41, 5.74) is 3.47. The maximum Gasteiger partial charge on any atom is 0.329 e. The third-order valence-electron chi connectivity index (χ3n) is 4.31. The standard InChI is InChI=1S/C19H20N4O4/c24-17(22-27)6-2-1-3-10-23-18(25)16(21-19(23)26)12-13-7-8-15-14(11-13)5-4-9-20-15/h4-5,7-9,11-12,27H,1-3,6,10H2,(H,21,26)(H,22,24). The van der Waals surface area contributed by atoms with E-state index in [1.165, 1.54) is 4.90 Å². The third-order valence-corrected chi connectivity index (χ3v) is 4.31. The topological polar surface area (TPSA) is 112 Å². The second kappa shape index (κ2) is 8.41. The SMILES string of the molecule is O=C(CCCCCN1C(=O)NC(=Cc2ccc3ncccc3c2)C1=O)NO.